The van der Waals surface area contributed by atoms with Crippen molar-refractivity contribution in [2.75, 3.05) is 20.8 Å². The molecule has 38 heavy (non-hydrogen) atoms. The molecule has 7 heteroatoms. The van der Waals surface area contributed by atoms with Crippen LogP contribution in [0.2, 0.25) is 0 Å². The molecular weight excluding hydrogens is 484 g/mol. The Morgan fingerprint density at radius 2 is 1.68 bits per heavy atom. The molecule has 1 aliphatic rings. The van der Waals surface area contributed by atoms with E-state index in [1.807, 2.05) is 68.4 Å². The molecule has 0 spiro atoms. The first kappa shape index (κ1) is 27.1. The van der Waals surface area contributed by atoms with Gasteiger partial charge in [-0.3, -0.25) is 0 Å². The lowest BCUT2D eigenvalue weighted by Gasteiger charge is -2.42. The molecule has 3 aromatic carbocycles. The van der Waals surface area contributed by atoms with Crippen molar-refractivity contribution in [3.05, 3.63) is 90.0 Å². The maximum absolute atomic E-state index is 11.3. The topological polar surface area (TPSA) is 83.5 Å². The first-order valence-electron chi connectivity index (χ1n) is 12.5. The summed E-state index contributed by atoms with van der Waals surface area (Å²) in [5.41, 5.74) is 2.78. The van der Waals surface area contributed by atoms with Gasteiger partial charge >= 0.3 is 5.97 Å². The van der Waals surface area contributed by atoms with Crippen molar-refractivity contribution in [3.63, 3.8) is 0 Å². The van der Waals surface area contributed by atoms with Crippen molar-refractivity contribution in [1.82, 2.24) is 0 Å². The van der Waals surface area contributed by atoms with Gasteiger partial charge in [-0.25, -0.2) is 4.79 Å². The van der Waals surface area contributed by atoms with Gasteiger partial charge in [0.05, 0.1) is 26.4 Å². The molecule has 7 nitrogen and oxygen atoms in total. The number of para-hydroxylation sites is 1. The molecule has 0 radical (unpaired) electrons. The lowest BCUT2D eigenvalue weighted by Crippen LogP contribution is -2.34. The smallest absolute Gasteiger partial charge is 0.341 e. The lowest BCUT2D eigenvalue weighted by molar-refractivity contribution is -0.139. The molecule has 200 valence electrons. The lowest BCUT2D eigenvalue weighted by atomic mass is 9.76. The third kappa shape index (κ3) is 6.11. The Morgan fingerprint density at radius 3 is 2.34 bits per heavy atom. The van der Waals surface area contributed by atoms with Gasteiger partial charge in [0.2, 0.25) is 0 Å². The summed E-state index contributed by atoms with van der Waals surface area (Å²) in [6.45, 7) is 7.85. The van der Waals surface area contributed by atoms with Gasteiger partial charge in [-0.2, -0.15) is 0 Å². The van der Waals surface area contributed by atoms with E-state index in [1.165, 1.54) is 0 Å². The molecule has 0 bridgehead atoms. The summed E-state index contributed by atoms with van der Waals surface area (Å²) in [5, 5.41) is 9.23. The number of ether oxygens (including phenoxy) is 5. The number of carboxylic acid groups (broad SMARTS) is 1. The highest BCUT2D eigenvalue weighted by Crippen LogP contribution is 2.49. The van der Waals surface area contributed by atoms with Crippen LogP contribution in [-0.4, -0.2) is 38.0 Å². The van der Waals surface area contributed by atoms with Crippen LogP contribution in [0.15, 0.2) is 78.9 Å². The normalized spacial score (nSPS) is 20.8. The Kier molecular flexibility index (Phi) is 8.59. The van der Waals surface area contributed by atoms with Crippen molar-refractivity contribution in [3.8, 4) is 28.7 Å². The Balaban J connectivity index is 1.69. The number of hydrogen-bond donors (Lipinski definition) is 1. The summed E-state index contributed by atoms with van der Waals surface area (Å²) in [6.07, 6.45) is 0.223. The molecular formula is C31H34O7. The number of hydrogen-bond acceptors (Lipinski definition) is 6. The zero-order valence-electron chi connectivity index (χ0n) is 22.2. The summed E-state index contributed by atoms with van der Waals surface area (Å²) in [6, 6.07) is 20.8. The van der Waals surface area contributed by atoms with Crippen LogP contribution in [0.4, 0.5) is 0 Å². The van der Waals surface area contributed by atoms with Crippen molar-refractivity contribution < 1.29 is 33.6 Å². The maximum Gasteiger partial charge on any atom is 0.341 e. The van der Waals surface area contributed by atoms with E-state index in [1.54, 1.807) is 26.4 Å². The highest BCUT2D eigenvalue weighted by molar-refractivity contribution is 5.68. The van der Waals surface area contributed by atoms with Gasteiger partial charge in [0, 0.05) is 17.4 Å². The molecule has 1 saturated heterocycles. The number of aliphatic carboxylic acids is 1. The fourth-order valence-corrected chi connectivity index (χ4v) is 4.96. The zero-order chi connectivity index (χ0) is 27.2. The number of carbonyl (C=O) groups is 1. The molecule has 1 heterocycles. The second-order valence-corrected chi connectivity index (χ2v) is 9.47. The van der Waals surface area contributed by atoms with Crippen LogP contribution in [0.5, 0.6) is 28.7 Å². The van der Waals surface area contributed by atoms with Gasteiger partial charge in [0.15, 0.2) is 18.1 Å². The Labute approximate surface area is 223 Å². The monoisotopic (exact) mass is 518 g/mol. The first-order chi connectivity index (χ1) is 18.3. The SMILES string of the molecule is C=C(C)[C@H]1C[C@H](c2ccc(OC)c(OC)c2)[C@H](C)O[C@@H]1c1cc(Oc2ccccc2)ccc1OCC(=O)O. The van der Waals surface area contributed by atoms with Crippen molar-refractivity contribution in [2.45, 2.75) is 38.4 Å². The van der Waals surface area contributed by atoms with E-state index >= 15 is 0 Å². The molecule has 1 fully saturated rings. The van der Waals surface area contributed by atoms with Crippen LogP contribution in [0.3, 0.4) is 0 Å². The third-order valence-corrected chi connectivity index (χ3v) is 6.89. The maximum atomic E-state index is 11.3. The summed E-state index contributed by atoms with van der Waals surface area (Å²) in [7, 11) is 3.24. The minimum absolute atomic E-state index is 0.0524. The number of benzene rings is 3. The highest BCUT2D eigenvalue weighted by Gasteiger charge is 2.39. The van der Waals surface area contributed by atoms with Crippen LogP contribution >= 0.6 is 0 Å². The van der Waals surface area contributed by atoms with E-state index in [0.717, 1.165) is 23.1 Å². The van der Waals surface area contributed by atoms with Crippen molar-refractivity contribution >= 4 is 5.97 Å². The van der Waals surface area contributed by atoms with E-state index in [2.05, 4.69) is 6.58 Å². The Hall–Kier alpha value is -3.97. The number of rotatable bonds is 10. The predicted molar refractivity (Wildman–Crippen MR) is 145 cm³/mol. The predicted octanol–water partition coefficient (Wildman–Crippen LogP) is 6.79. The van der Waals surface area contributed by atoms with Gasteiger partial charge in [-0.15, -0.1) is 0 Å². The average Bonchev–Trinajstić information content (AvgIpc) is 2.92. The molecule has 4 atom stereocenters. The fourth-order valence-electron chi connectivity index (χ4n) is 4.96. The molecule has 0 saturated carbocycles. The molecule has 0 unspecified atom stereocenters. The highest BCUT2D eigenvalue weighted by atomic mass is 16.5. The van der Waals surface area contributed by atoms with E-state index in [4.69, 9.17) is 23.7 Å². The standard InChI is InChI=1S/C31H34O7/c1-19(2)24-17-25(21-11-13-28(34-4)29(15-21)35-5)20(3)37-31(24)26-16-23(38-22-9-7-6-8-10-22)12-14-27(26)36-18-30(32)33/h6-16,20,24-25,31H,1,17-18H2,2-5H3,(H,32,33)/t20-,24+,25-,31-/m0/s1. The Morgan fingerprint density at radius 1 is 0.974 bits per heavy atom. The quantitative estimate of drug-likeness (QED) is 0.296. The molecule has 0 aliphatic carbocycles. The molecule has 4 rings (SSSR count). The second-order valence-electron chi connectivity index (χ2n) is 9.47. The first-order valence-corrected chi connectivity index (χ1v) is 12.5. The summed E-state index contributed by atoms with van der Waals surface area (Å²) in [4.78, 5) is 11.3. The molecule has 1 N–H and O–H groups in total. The van der Waals surface area contributed by atoms with Gasteiger partial charge in [0.1, 0.15) is 17.2 Å². The van der Waals surface area contributed by atoms with Crippen LogP contribution in [0.25, 0.3) is 0 Å². The minimum Gasteiger partial charge on any atom is -0.493 e. The van der Waals surface area contributed by atoms with E-state index < -0.39 is 18.7 Å². The summed E-state index contributed by atoms with van der Waals surface area (Å²) < 4.78 is 29.4. The van der Waals surface area contributed by atoms with Crippen molar-refractivity contribution in [1.29, 1.82) is 0 Å². The summed E-state index contributed by atoms with van der Waals surface area (Å²) in [5.74, 6) is 2.06. The van der Waals surface area contributed by atoms with Gasteiger partial charge < -0.3 is 28.8 Å². The number of methoxy groups -OCH3 is 2. The fraction of sp³-hybridized carbons (Fsp3) is 0.323. The number of carboxylic acids is 1. The largest absolute Gasteiger partial charge is 0.493 e. The Bertz CT molecular complexity index is 1270. The molecule has 0 amide bonds. The molecule has 0 aromatic heterocycles. The van der Waals surface area contributed by atoms with E-state index in [0.29, 0.717) is 28.7 Å². The van der Waals surface area contributed by atoms with Crippen LogP contribution in [0.1, 0.15) is 43.4 Å². The van der Waals surface area contributed by atoms with E-state index in [9.17, 15) is 9.90 Å². The van der Waals surface area contributed by atoms with E-state index in [-0.39, 0.29) is 17.9 Å². The average molecular weight is 519 g/mol. The second kappa shape index (κ2) is 12.0. The van der Waals surface area contributed by atoms with Gasteiger partial charge in [-0.05, 0) is 68.3 Å². The van der Waals surface area contributed by atoms with Crippen LogP contribution in [-0.2, 0) is 9.53 Å². The summed E-state index contributed by atoms with van der Waals surface area (Å²) >= 11 is 0. The zero-order valence-corrected chi connectivity index (χ0v) is 22.2. The minimum atomic E-state index is -1.05. The van der Waals surface area contributed by atoms with Crippen LogP contribution < -0.4 is 18.9 Å². The van der Waals surface area contributed by atoms with Gasteiger partial charge in [-0.1, -0.05) is 36.4 Å². The van der Waals surface area contributed by atoms with Gasteiger partial charge in [0.25, 0.3) is 0 Å². The van der Waals surface area contributed by atoms with Crippen LogP contribution in [0, 0.1) is 5.92 Å². The third-order valence-electron chi connectivity index (χ3n) is 6.89. The molecule has 1 aliphatic heterocycles. The molecule has 3 aromatic rings. The van der Waals surface area contributed by atoms with Crippen molar-refractivity contribution in [2.24, 2.45) is 5.92 Å².